The molecule has 0 aromatic heterocycles. The number of carbonyl (C=O) groups excluding carboxylic acids is 2. The molecule has 4 aromatic carbocycles. The monoisotopic (exact) mass is 579 g/mol. The molecule has 1 aliphatic rings. The first kappa shape index (κ1) is 28.7. The van der Waals surface area contributed by atoms with Crippen LogP contribution < -0.4 is 9.47 Å². The Morgan fingerprint density at radius 2 is 1.60 bits per heavy atom. The summed E-state index contributed by atoms with van der Waals surface area (Å²) in [6.07, 6.45) is 1.70. The maximum Gasteiger partial charge on any atom is 0.344 e. The lowest BCUT2D eigenvalue weighted by Gasteiger charge is -2.13. The van der Waals surface area contributed by atoms with Crippen LogP contribution in [0.15, 0.2) is 112 Å². The van der Waals surface area contributed by atoms with Crippen molar-refractivity contribution in [2.75, 3.05) is 13.2 Å². The smallest absolute Gasteiger partial charge is 0.344 e. The Morgan fingerprint density at radius 3 is 2.36 bits per heavy atom. The fourth-order valence-corrected chi connectivity index (χ4v) is 5.38. The molecule has 0 radical (unpaired) electrons. The fourth-order valence-electron chi connectivity index (χ4n) is 4.37. The number of amides is 1. The van der Waals surface area contributed by atoms with Gasteiger partial charge in [0.2, 0.25) is 0 Å². The number of esters is 1. The number of thioether (sulfide) groups is 1. The first-order valence-electron chi connectivity index (χ1n) is 13.5. The summed E-state index contributed by atoms with van der Waals surface area (Å²) in [6, 6.07) is 28.3. The number of ether oxygens (including phenoxy) is 3. The van der Waals surface area contributed by atoms with Crippen LogP contribution in [0, 0.1) is 0 Å². The Labute approximate surface area is 248 Å². The summed E-state index contributed by atoms with van der Waals surface area (Å²) in [4.78, 5) is 30.0. The molecule has 0 bridgehead atoms. The number of aliphatic hydroxyl groups is 1. The highest BCUT2D eigenvalue weighted by Gasteiger charge is 2.34. The number of rotatable bonds is 9. The highest BCUT2D eigenvalue weighted by molar-refractivity contribution is 8.18. The van der Waals surface area contributed by atoms with Gasteiger partial charge in [0, 0.05) is 5.56 Å². The van der Waals surface area contributed by atoms with Crippen molar-refractivity contribution in [1.29, 1.82) is 0 Å². The molecule has 7 nitrogen and oxygen atoms in total. The minimum absolute atomic E-state index is 0.0754. The third-order valence-corrected chi connectivity index (χ3v) is 7.39. The number of hydrogen-bond acceptors (Lipinski definition) is 7. The summed E-state index contributed by atoms with van der Waals surface area (Å²) >= 11 is 1.02. The number of aliphatic imine (C=N–C) groups is 1. The van der Waals surface area contributed by atoms with Gasteiger partial charge in [0.1, 0.15) is 23.0 Å². The highest BCUT2D eigenvalue weighted by atomic mass is 32.2. The second-order valence-corrected chi connectivity index (χ2v) is 10.3. The SMILES string of the molecule is CCOC(=O)C1=C(O)/C(=C/c2ccc(OCc3ccc4ccccc4c3)c(OCC)c2)SC1=NC(=O)c1ccccc1. The minimum atomic E-state index is -0.752. The van der Waals surface area contributed by atoms with Crippen LogP contribution >= 0.6 is 11.8 Å². The maximum absolute atomic E-state index is 12.8. The minimum Gasteiger partial charge on any atom is -0.506 e. The molecule has 1 N–H and O–H groups in total. The van der Waals surface area contributed by atoms with E-state index in [1.54, 1.807) is 55.5 Å². The zero-order chi connectivity index (χ0) is 29.5. The molecular formula is C34H29NO6S. The van der Waals surface area contributed by atoms with Gasteiger partial charge in [0.25, 0.3) is 5.91 Å². The predicted molar refractivity (Wildman–Crippen MR) is 166 cm³/mol. The number of hydrogen-bond donors (Lipinski definition) is 1. The maximum atomic E-state index is 12.8. The lowest BCUT2D eigenvalue weighted by atomic mass is 10.1. The van der Waals surface area contributed by atoms with E-state index in [1.807, 2.05) is 31.2 Å². The van der Waals surface area contributed by atoms with Crippen LogP contribution in [-0.2, 0) is 16.1 Å². The van der Waals surface area contributed by atoms with Gasteiger partial charge in [-0.05, 0) is 72.2 Å². The van der Waals surface area contributed by atoms with E-state index in [1.165, 1.54) is 5.39 Å². The molecular weight excluding hydrogens is 550 g/mol. The van der Waals surface area contributed by atoms with Crippen molar-refractivity contribution < 1.29 is 28.9 Å². The molecule has 4 aromatic rings. The van der Waals surface area contributed by atoms with Gasteiger partial charge >= 0.3 is 5.97 Å². The van der Waals surface area contributed by atoms with Crippen molar-refractivity contribution in [2.24, 2.45) is 4.99 Å². The molecule has 1 heterocycles. The van der Waals surface area contributed by atoms with Crippen molar-refractivity contribution in [1.82, 2.24) is 0 Å². The molecule has 0 saturated heterocycles. The van der Waals surface area contributed by atoms with Crippen LogP contribution in [0.1, 0.15) is 35.3 Å². The number of aliphatic hydroxyl groups excluding tert-OH is 1. The van der Waals surface area contributed by atoms with Crippen LogP contribution in [0.4, 0.5) is 0 Å². The molecule has 42 heavy (non-hydrogen) atoms. The van der Waals surface area contributed by atoms with Crippen LogP contribution in [0.2, 0.25) is 0 Å². The molecule has 5 rings (SSSR count). The molecule has 8 heteroatoms. The number of benzene rings is 4. The predicted octanol–water partition coefficient (Wildman–Crippen LogP) is 7.52. The standard InChI is InChI=1S/C34H29NO6S/c1-3-39-28-19-22(15-17-27(28)41-21-23-14-16-24-10-8-9-13-26(24)18-23)20-29-31(36)30(34(38)40-4-2)33(42-29)35-32(37)25-11-6-5-7-12-25/h5-20,36H,3-4,21H2,1-2H3/b29-20-,35-33?. The Bertz CT molecular complexity index is 1720. The first-order chi connectivity index (χ1) is 20.5. The molecule has 0 atom stereocenters. The van der Waals surface area contributed by atoms with Crippen molar-refractivity contribution in [3.8, 4) is 11.5 Å². The van der Waals surface area contributed by atoms with Gasteiger partial charge in [-0.25, -0.2) is 9.79 Å². The second kappa shape index (κ2) is 13.2. The average molecular weight is 580 g/mol. The Kier molecular flexibility index (Phi) is 9.04. The summed E-state index contributed by atoms with van der Waals surface area (Å²) < 4.78 is 17.1. The quantitative estimate of drug-likeness (QED) is 0.205. The molecule has 1 aliphatic heterocycles. The van der Waals surface area contributed by atoms with E-state index in [2.05, 4.69) is 29.3 Å². The molecule has 212 valence electrons. The van der Waals surface area contributed by atoms with Gasteiger partial charge < -0.3 is 19.3 Å². The first-order valence-corrected chi connectivity index (χ1v) is 14.3. The second-order valence-electron chi connectivity index (χ2n) is 9.25. The zero-order valence-corrected chi connectivity index (χ0v) is 24.0. The molecule has 1 amide bonds. The molecule has 0 fully saturated rings. The van der Waals surface area contributed by atoms with Gasteiger partial charge in [-0.2, -0.15) is 0 Å². The molecule has 0 aliphatic carbocycles. The van der Waals surface area contributed by atoms with E-state index in [0.717, 1.165) is 22.7 Å². The highest BCUT2D eigenvalue weighted by Crippen LogP contribution is 2.40. The summed E-state index contributed by atoms with van der Waals surface area (Å²) in [5, 5.41) is 13.4. The third-order valence-electron chi connectivity index (χ3n) is 6.37. The van der Waals surface area contributed by atoms with E-state index in [0.29, 0.717) is 40.7 Å². The topological polar surface area (TPSA) is 94.4 Å². The normalized spacial score (nSPS) is 14.9. The largest absolute Gasteiger partial charge is 0.506 e. The number of nitrogens with zero attached hydrogens (tertiary/aromatic N) is 1. The number of fused-ring (bicyclic) bond motifs is 1. The zero-order valence-electron chi connectivity index (χ0n) is 23.2. The average Bonchev–Trinajstić information content (AvgIpc) is 3.31. The van der Waals surface area contributed by atoms with E-state index >= 15 is 0 Å². The van der Waals surface area contributed by atoms with Crippen LogP contribution in [0.5, 0.6) is 11.5 Å². The van der Waals surface area contributed by atoms with Crippen LogP contribution in [0.3, 0.4) is 0 Å². The van der Waals surface area contributed by atoms with Crippen LogP contribution in [-0.4, -0.2) is 35.2 Å². The molecule has 0 unspecified atom stereocenters. The Hall–Kier alpha value is -4.82. The summed E-state index contributed by atoms with van der Waals surface area (Å²) in [6.45, 7) is 4.45. The van der Waals surface area contributed by atoms with Gasteiger partial charge in [0.05, 0.1) is 18.1 Å². The van der Waals surface area contributed by atoms with Crippen molar-refractivity contribution in [3.63, 3.8) is 0 Å². The van der Waals surface area contributed by atoms with Crippen LogP contribution in [0.25, 0.3) is 16.8 Å². The fraction of sp³-hybridized carbons (Fsp3) is 0.147. The van der Waals surface area contributed by atoms with E-state index < -0.39 is 11.9 Å². The third kappa shape index (κ3) is 6.56. The summed E-state index contributed by atoms with van der Waals surface area (Å²) in [5.74, 6) is -0.460. The molecule has 0 spiro atoms. The van der Waals surface area contributed by atoms with E-state index in [9.17, 15) is 14.7 Å². The summed E-state index contributed by atoms with van der Waals surface area (Å²) in [7, 11) is 0. The summed E-state index contributed by atoms with van der Waals surface area (Å²) in [5.41, 5.74) is 1.96. The Morgan fingerprint density at radius 1 is 0.833 bits per heavy atom. The van der Waals surface area contributed by atoms with Gasteiger partial charge in [-0.1, -0.05) is 72.4 Å². The number of carbonyl (C=O) groups is 2. The lowest BCUT2D eigenvalue weighted by molar-refractivity contribution is -0.138. The van der Waals surface area contributed by atoms with E-state index in [-0.39, 0.29) is 23.0 Å². The van der Waals surface area contributed by atoms with Crippen molar-refractivity contribution >= 4 is 45.5 Å². The van der Waals surface area contributed by atoms with Crippen molar-refractivity contribution in [2.45, 2.75) is 20.5 Å². The van der Waals surface area contributed by atoms with Gasteiger partial charge in [-0.3, -0.25) is 4.79 Å². The lowest BCUT2D eigenvalue weighted by Crippen LogP contribution is -2.14. The van der Waals surface area contributed by atoms with Gasteiger partial charge in [0.15, 0.2) is 11.5 Å². The molecule has 0 saturated carbocycles. The van der Waals surface area contributed by atoms with Crippen molar-refractivity contribution in [3.05, 3.63) is 124 Å². The van der Waals surface area contributed by atoms with Gasteiger partial charge in [-0.15, -0.1) is 0 Å². The van der Waals surface area contributed by atoms with E-state index in [4.69, 9.17) is 14.2 Å². The Balaban J connectivity index is 1.41.